The molecule has 5 fully saturated rings. The van der Waals surface area contributed by atoms with Gasteiger partial charge in [0.15, 0.2) is 0 Å². The van der Waals surface area contributed by atoms with E-state index in [0.29, 0.717) is 11.0 Å². The van der Waals surface area contributed by atoms with Crippen molar-refractivity contribution in [2.75, 3.05) is 6.54 Å². The lowest BCUT2D eigenvalue weighted by molar-refractivity contribution is -0.182. The molecule has 136 valence electrons. The summed E-state index contributed by atoms with van der Waals surface area (Å²) in [6.07, 6.45) is 11.8. The minimum Gasteiger partial charge on any atom is -0.294 e. The van der Waals surface area contributed by atoms with E-state index in [0.717, 1.165) is 17.9 Å². The monoisotopic (exact) mass is 337 g/mol. The molecule has 1 aromatic carbocycles. The largest absolute Gasteiger partial charge is 0.294 e. The molecule has 0 radical (unpaired) electrons. The Morgan fingerprint density at radius 1 is 1.00 bits per heavy atom. The maximum atomic E-state index is 3.05. The first-order valence-electron chi connectivity index (χ1n) is 10.8. The molecule has 0 N–H and O–H groups in total. The van der Waals surface area contributed by atoms with Crippen molar-refractivity contribution in [1.29, 1.82) is 0 Å². The average Bonchev–Trinajstić information content (AvgIpc) is 2.60. The first-order valence-corrected chi connectivity index (χ1v) is 10.8. The molecule has 0 aromatic heterocycles. The number of nitrogens with zero attached hydrogens (tertiary/aromatic N) is 1. The molecule has 3 heterocycles. The first kappa shape index (κ1) is 16.4. The van der Waals surface area contributed by atoms with E-state index in [1.54, 1.807) is 11.1 Å². The fourth-order valence-electron chi connectivity index (χ4n) is 7.89. The van der Waals surface area contributed by atoms with Gasteiger partial charge in [-0.15, -0.1) is 0 Å². The Kier molecular flexibility index (Phi) is 3.50. The van der Waals surface area contributed by atoms with E-state index in [2.05, 4.69) is 44.7 Å². The van der Waals surface area contributed by atoms with Gasteiger partial charge in [-0.2, -0.15) is 0 Å². The zero-order valence-corrected chi connectivity index (χ0v) is 16.7. The standard InChI is InChI=1S/C24H35N/c1-16-10-17(2)18(3)22(11-16)23-13-20-12-21(14-23)24(8-6-5-7-9-24)25(15-20)19(23)4/h10-11,19-21H,5-9,12-15H2,1-4H3/t19-,20?,21?,23?/m1/s1. The van der Waals surface area contributed by atoms with Crippen LogP contribution in [0, 0.1) is 32.6 Å². The minimum absolute atomic E-state index is 0.426. The van der Waals surface area contributed by atoms with E-state index in [9.17, 15) is 0 Å². The molecule has 6 rings (SSSR count). The summed E-state index contributed by atoms with van der Waals surface area (Å²) in [5.41, 5.74) is 7.25. The Hall–Kier alpha value is -0.820. The van der Waals surface area contributed by atoms with Crippen LogP contribution >= 0.6 is 0 Å². The normalized spacial score (nSPS) is 41.4. The van der Waals surface area contributed by atoms with Gasteiger partial charge >= 0.3 is 0 Å². The van der Waals surface area contributed by atoms with Crippen molar-refractivity contribution in [3.63, 3.8) is 0 Å². The molecular weight excluding hydrogens is 302 g/mol. The van der Waals surface area contributed by atoms with Crippen LogP contribution in [0.5, 0.6) is 0 Å². The summed E-state index contributed by atoms with van der Waals surface area (Å²) in [4.78, 5) is 3.05. The summed E-state index contributed by atoms with van der Waals surface area (Å²) in [6.45, 7) is 11.0. The zero-order valence-electron chi connectivity index (χ0n) is 16.7. The second kappa shape index (κ2) is 5.35. The molecule has 3 saturated heterocycles. The van der Waals surface area contributed by atoms with E-state index in [1.807, 2.05) is 0 Å². The van der Waals surface area contributed by atoms with Crippen molar-refractivity contribution in [2.24, 2.45) is 11.8 Å². The van der Waals surface area contributed by atoms with Gasteiger partial charge in [0.25, 0.3) is 0 Å². The predicted molar refractivity (Wildman–Crippen MR) is 105 cm³/mol. The highest BCUT2D eigenvalue weighted by Gasteiger charge is 2.64. The third-order valence-corrected chi connectivity index (χ3v) is 9.00. The number of rotatable bonds is 1. The molecule has 4 unspecified atom stereocenters. The van der Waals surface area contributed by atoms with Crippen LogP contribution in [0.2, 0.25) is 0 Å². The van der Waals surface area contributed by atoms with Crippen LogP contribution in [-0.2, 0) is 5.41 Å². The lowest BCUT2D eigenvalue weighted by Gasteiger charge is -2.71. The highest BCUT2D eigenvalue weighted by molar-refractivity contribution is 5.45. The molecule has 4 bridgehead atoms. The first-order chi connectivity index (χ1) is 12.0. The van der Waals surface area contributed by atoms with Crippen LogP contribution in [0.4, 0.5) is 0 Å². The quantitative estimate of drug-likeness (QED) is 0.636. The van der Waals surface area contributed by atoms with Crippen molar-refractivity contribution in [1.82, 2.24) is 4.90 Å². The van der Waals surface area contributed by atoms with Gasteiger partial charge in [-0.05, 0) is 88.3 Å². The van der Waals surface area contributed by atoms with Crippen molar-refractivity contribution in [3.8, 4) is 0 Å². The highest BCUT2D eigenvalue weighted by atomic mass is 15.3. The van der Waals surface area contributed by atoms with E-state index < -0.39 is 0 Å². The van der Waals surface area contributed by atoms with Gasteiger partial charge in [0.05, 0.1) is 0 Å². The number of piperidine rings is 3. The smallest absolute Gasteiger partial charge is 0.0241 e. The van der Waals surface area contributed by atoms with Gasteiger partial charge in [0, 0.05) is 23.5 Å². The van der Waals surface area contributed by atoms with Crippen LogP contribution in [-0.4, -0.2) is 23.0 Å². The van der Waals surface area contributed by atoms with Crippen molar-refractivity contribution in [2.45, 2.75) is 96.1 Å². The van der Waals surface area contributed by atoms with Gasteiger partial charge in [-0.25, -0.2) is 0 Å². The van der Waals surface area contributed by atoms with Gasteiger partial charge in [0.2, 0.25) is 0 Å². The summed E-state index contributed by atoms with van der Waals surface area (Å²) in [5.74, 6) is 1.90. The van der Waals surface area contributed by atoms with Gasteiger partial charge < -0.3 is 0 Å². The number of aryl methyl sites for hydroxylation is 2. The van der Waals surface area contributed by atoms with E-state index >= 15 is 0 Å². The number of hydrogen-bond donors (Lipinski definition) is 0. The number of hydrogen-bond acceptors (Lipinski definition) is 1. The van der Waals surface area contributed by atoms with Crippen molar-refractivity contribution >= 4 is 0 Å². The molecule has 1 nitrogen and oxygen atoms in total. The lowest BCUT2D eigenvalue weighted by atomic mass is 9.46. The lowest BCUT2D eigenvalue weighted by Crippen LogP contribution is -2.75. The third kappa shape index (κ3) is 2.05. The Morgan fingerprint density at radius 2 is 1.76 bits per heavy atom. The van der Waals surface area contributed by atoms with Crippen molar-refractivity contribution < 1.29 is 0 Å². The molecule has 25 heavy (non-hydrogen) atoms. The maximum Gasteiger partial charge on any atom is 0.0241 e. The zero-order chi connectivity index (χ0) is 17.4. The Morgan fingerprint density at radius 3 is 2.52 bits per heavy atom. The summed E-state index contributed by atoms with van der Waals surface area (Å²) in [5, 5.41) is 0. The van der Waals surface area contributed by atoms with E-state index in [1.165, 1.54) is 69.0 Å². The Bertz CT molecular complexity index is 698. The van der Waals surface area contributed by atoms with E-state index in [-0.39, 0.29) is 0 Å². The maximum absolute atomic E-state index is 3.05. The summed E-state index contributed by atoms with van der Waals surface area (Å²) in [6, 6.07) is 5.66. The summed E-state index contributed by atoms with van der Waals surface area (Å²) >= 11 is 0. The van der Waals surface area contributed by atoms with E-state index in [4.69, 9.17) is 0 Å². The Labute approximate surface area is 154 Å². The molecule has 1 aromatic rings. The van der Waals surface area contributed by atoms with Crippen LogP contribution in [0.1, 0.15) is 80.5 Å². The molecule has 3 aliphatic heterocycles. The average molecular weight is 338 g/mol. The van der Waals surface area contributed by atoms with Crippen molar-refractivity contribution in [3.05, 3.63) is 34.4 Å². The molecule has 2 aliphatic carbocycles. The predicted octanol–water partition coefficient (Wildman–Crippen LogP) is 5.69. The topological polar surface area (TPSA) is 3.24 Å². The highest BCUT2D eigenvalue weighted by Crippen LogP contribution is 2.64. The summed E-state index contributed by atoms with van der Waals surface area (Å²) in [7, 11) is 0. The summed E-state index contributed by atoms with van der Waals surface area (Å²) < 4.78 is 0. The van der Waals surface area contributed by atoms with Gasteiger partial charge in [0.1, 0.15) is 0 Å². The Balaban J connectivity index is 1.63. The fourth-order valence-corrected chi connectivity index (χ4v) is 7.89. The molecule has 2 saturated carbocycles. The molecule has 1 spiro atoms. The second-order valence-corrected chi connectivity index (χ2v) is 10.1. The third-order valence-electron chi connectivity index (χ3n) is 9.00. The fraction of sp³-hybridized carbons (Fsp3) is 0.750. The molecule has 1 heteroatoms. The van der Waals surface area contributed by atoms with Gasteiger partial charge in [-0.1, -0.05) is 37.0 Å². The molecule has 0 amide bonds. The molecular formula is C24H35N. The van der Waals surface area contributed by atoms with Crippen LogP contribution < -0.4 is 0 Å². The van der Waals surface area contributed by atoms with Crippen LogP contribution in [0.15, 0.2) is 12.1 Å². The molecule has 5 aliphatic rings. The second-order valence-electron chi connectivity index (χ2n) is 10.1. The SMILES string of the molecule is Cc1cc(C)c(C)c(C23CC4CC(C2)C2(CCCCC2)N(C4)[C@@H]3C)c1. The van der Waals surface area contributed by atoms with Crippen LogP contribution in [0.25, 0.3) is 0 Å². The minimum atomic E-state index is 0.426. The molecule has 5 atom stereocenters. The van der Waals surface area contributed by atoms with Gasteiger partial charge in [-0.3, -0.25) is 4.90 Å². The van der Waals surface area contributed by atoms with Crippen LogP contribution in [0.3, 0.4) is 0 Å². The number of benzene rings is 1.